The zero-order valence-corrected chi connectivity index (χ0v) is 13.9. The zero-order valence-electron chi connectivity index (χ0n) is 11.5. The van der Waals surface area contributed by atoms with Gasteiger partial charge in [0.2, 0.25) is 0 Å². The molecule has 21 heavy (non-hydrogen) atoms. The fourth-order valence-electron chi connectivity index (χ4n) is 1.88. The monoisotopic (exact) mass is 357 g/mol. The second-order valence-electron chi connectivity index (χ2n) is 4.24. The standard InChI is InChI=1S/C12H17Cl2NO5S/c1-3-10(15-21(16,17)18)12(20-7-19-2)11-8(13)5-4-6-9(11)14/h4-6,10,12,15H,3,7H2,1-2H3,(H,16,17,18)/t10-,12+/m0/s1. The van der Waals surface area contributed by atoms with E-state index in [-0.39, 0.29) is 6.79 Å². The molecule has 0 aromatic heterocycles. The van der Waals surface area contributed by atoms with Crippen LogP contribution in [0, 0.1) is 0 Å². The smallest absolute Gasteiger partial charge is 0.333 e. The van der Waals surface area contributed by atoms with Crippen molar-refractivity contribution in [3.05, 3.63) is 33.8 Å². The van der Waals surface area contributed by atoms with Crippen molar-refractivity contribution in [2.45, 2.75) is 25.5 Å². The van der Waals surface area contributed by atoms with E-state index >= 15 is 0 Å². The molecule has 0 aliphatic rings. The second kappa shape index (κ2) is 8.28. The number of ether oxygens (including phenoxy) is 2. The summed E-state index contributed by atoms with van der Waals surface area (Å²) < 4.78 is 43.6. The molecule has 2 atom stereocenters. The van der Waals surface area contributed by atoms with Crippen LogP contribution in [0.2, 0.25) is 10.0 Å². The highest BCUT2D eigenvalue weighted by molar-refractivity contribution is 7.83. The van der Waals surface area contributed by atoms with Crippen LogP contribution in [0.5, 0.6) is 0 Å². The predicted molar refractivity (Wildman–Crippen MR) is 80.9 cm³/mol. The van der Waals surface area contributed by atoms with Gasteiger partial charge in [0, 0.05) is 22.7 Å². The minimum atomic E-state index is -4.40. The first-order valence-electron chi connectivity index (χ1n) is 6.09. The van der Waals surface area contributed by atoms with Gasteiger partial charge in [0.05, 0.1) is 6.04 Å². The summed E-state index contributed by atoms with van der Waals surface area (Å²) in [7, 11) is -2.96. The Balaban J connectivity index is 3.20. The highest BCUT2D eigenvalue weighted by Crippen LogP contribution is 2.35. The summed E-state index contributed by atoms with van der Waals surface area (Å²) >= 11 is 12.3. The lowest BCUT2D eigenvalue weighted by atomic mass is 10.0. The van der Waals surface area contributed by atoms with Gasteiger partial charge < -0.3 is 9.47 Å². The third-order valence-corrected chi connectivity index (χ3v) is 4.02. The van der Waals surface area contributed by atoms with Crippen LogP contribution < -0.4 is 4.72 Å². The van der Waals surface area contributed by atoms with Crippen LogP contribution in [0.1, 0.15) is 25.0 Å². The van der Waals surface area contributed by atoms with E-state index < -0.39 is 22.4 Å². The van der Waals surface area contributed by atoms with E-state index in [0.29, 0.717) is 22.0 Å². The van der Waals surface area contributed by atoms with Gasteiger partial charge in [-0.15, -0.1) is 0 Å². The molecule has 0 spiro atoms. The van der Waals surface area contributed by atoms with Crippen molar-refractivity contribution >= 4 is 33.5 Å². The fourth-order valence-corrected chi connectivity index (χ4v) is 3.16. The number of hydrogen-bond donors (Lipinski definition) is 2. The quantitative estimate of drug-likeness (QED) is 0.551. The van der Waals surface area contributed by atoms with Crippen LogP contribution in [0.25, 0.3) is 0 Å². The predicted octanol–water partition coefficient (Wildman–Crippen LogP) is 2.83. The molecular formula is C12H17Cl2NO5S. The number of halogens is 2. The molecule has 0 fully saturated rings. The lowest BCUT2D eigenvalue weighted by Gasteiger charge is -2.27. The van der Waals surface area contributed by atoms with Gasteiger partial charge in [-0.05, 0) is 18.6 Å². The van der Waals surface area contributed by atoms with E-state index in [0.717, 1.165) is 0 Å². The van der Waals surface area contributed by atoms with Crippen LogP contribution in [0.15, 0.2) is 18.2 Å². The van der Waals surface area contributed by atoms with Crippen molar-refractivity contribution in [2.75, 3.05) is 13.9 Å². The van der Waals surface area contributed by atoms with E-state index in [2.05, 4.69) is 4.72 Å². The second-order valence-corrected chi connectivity index (χ2v) is 6.24. The molecule has 1 aromatic rings. The third-order valence-electron chi connectivity index (χ3n) is 2.76. The molecule has 120 valence electrons. The lowest BCUT2D eigenvalue weighted by Crippen LogP contribution is -2.39. The summed E-state index contributed by atoms with van der Waals surface area (Å²) in [5.41, 5.74) is 0.431. The van der Waals surface area contributed by atoms with Gasteiger partial charge in [-0.25, -0.2) is 0 Å². The Morgan fingerprint density at radius 1 is 1.33 bits per heavy atom. The van der Waals surface area contributed by atoms with E-state index in [1.54, 1.807) is 25.1 Å². The molecule has 0 amide bonds. The molecule has 9 heteroatoms. The normalized spacial score (nSPS) is 14.9. The van der Waals surface area contributed by atoms with Gasteiger partial charge >= 0.3 is 10.3 Å². The van der Waals surface area contributed by atoms with Gasteiger partial charge in [0.15, 0.2) is 0 Å². The Morgan fingerprint density at radius 3 is 2.33 bits per heavy atom. The zero-order chi connectivity index (χ0) is 16.0. The van der Waals surface area contributed by atoms with E-state index in [4.69, 9.17) is 37.2 Å². The lowest BCUT2D eigenvalue weighted by molar-refractivity contribution is -0.0836. The molecular weight excluding hydrogens is 341 g/mol. The van der Waals surface area contributed by atoms with Crippen LogP contribution in [-0.4, -0.2) is 32.9 Å². The summed E-state index contributed by atoms with van der Waals surface area (Å²) in [5, 5.41) is 0.665. The summed E-state index contributed by atoms with van der Waals surface area (Å²) in [6, 6.07) is 4.14. The largest absolute Gasteiger partial charge is 0.359 e. The van der Waals surface area contributed by atoms with Gasteiger partial charge in [-0.1, -0.05) is 36.2 Å². The number of hydrogen-bond acceptors (Lipinski definition) is 4. The molecule has 0 aliphatic heterocycles. The van der Waals surface area contributed by atoms with Crippen LogP contribution in [0.4, 0.5) is 0 Å². The summed E-state index contributed by atoms with van der Waals surface area (Å²) in [4.78, 5) is 0. The fraction of sp³-hybridized carbons (Fsp3) is 0.500. The Hall–Kier alpha value is -0.410. The molecule has 2 N–H and O–H groups in total. The molecule has 0 unspecified atom stereocenters. The average molecular weight is 358 g/mol. The van der Waals surface area contributed by atoms with Crippen LogP contribution in [-0.2, 0) is 19.8 Å². The van der Waals surface area contributed by atoms with Crippen molar-refractivity contribution in [3.8, 4) is 0 Å². The summed E-state index contributed by atoms with van der Waals surface area (Å²) in [6.07, 6.45) is -0.464. The Labute approximate surface area is 134 Å². The molecule has 6 nitrogen and oxygen atoms in total. The minimum Gasteiger partial charge on any atom is -0.359 e. The highest BCUT2D eigenvalue weighted by Gasteiger charge is 2.29. The third kappa shape index (κ3) is 5.71. The number of methoxy groups -OCH3 is 1. The van der Waals surface area contributed by atoms with E-state index in [1.165, 1.54) is 7.11 Å². The van der Waals surface area contributed by atoms with Crippen molar-refractivity contribution in [2.24, 2.45) is 0 Å². The topological polar surface area (TPSA) is 84.9 Å². The molecule has 0 heterocycles. The van der Waals surface area contributed by atoms with Crippen LogP contribution in [0.3, 0.4) is 0 Å². The van der Waals surface area contributed by atoms with Crippen molar-refractivity contribution < 1.29 is 22.4 Å². The Kier molecular flexibility index (Phi) is 7.35. The van der Waals surface area contributed by atoms with Crippen molar-refractivity contribution in [1.29, 1.82) is 0 Å². The minimum absolute atomic E-state index is 0.0874. The molecule has 0 bridgehead atoms. The van der Waals surface area contributed by atoms with Crippen LogP contribution >= 0.6 is 23.2 Å². The van der Waals surface area contributed by atoms with E-state index in [1.807, 2.05) is 0 Å². The Morgan fingerprint density at radius 2 is 1.90 bits per heavy atom. The maximum absolute atomic E-state index is 11.1. The first-order valence-corrected chi connectivity index (χ1v) is 8.29. The number of nitrogens with one attached hydrogen (secondary N) is 1. The number of benzene rings is 1. The van der Waals surface area contributed by atoms with Crippen molar-refractivity contribution in [1.82, 2.24) is 4.72 Å². The SMILES string of the molecule is CC[C@H](NS(=O)(=O)O)[C@@H](OCOC)c1c(Cl)cccc1Cl. The highest BCUT2D eigenvalue weighted by atomic mass is 35.5. The maximum Gasteiger partial charge on any atom is 0.333 e. The van der Waals surface area contributed by atoms with Gasteiger partial charge in [0.25, 0.3) is 0 Å². The molecule has 0 saturated carbocycles. The van der Waals surface area contributed by atoms with E-state index in [9.17, 15) is 8.42 Å². The van der Waals surface area contributed by atoms with Gasteiger partial charge in [-0.3, -0.25) is 4.55 Å². The van der Waals surface area contributed by atoms with Crippen molar-refractivity contribution in [3.63, 3.8) is 0 Å². The molecule has 0 saturated heterocycles. The van der Waals surface area contributed by atoms with Gasteiger partial charge in [0.1, 0.15) is 12.9 Å². The first-order chi connectivity index (χ1) is 9.80. The summed E-state index contributed by atoms with van der Waals surface area (Å²) in [5.74, 6) is 0. The van der Waals surface area contributed by atoms with Gasteiger partial charge in [-0.2, -0.15) is 13.1 Å². The molecule has 0 aliphatic carbocycles. The summed E-state index contributed by atoms with van der Waals surface area (Å²) in [6.45, 7) is 1.65. The molecule has 1 rings (SSSR count). The maximum atomic E-state index is 11.1. The average Bonchev–Trinajstić information content (AvgIpc) is 2.38. The molecule has 1 aromatic carbocycles. The first kappa shape index (κ1) is 18.6. The molecule has 0 radical (unpaired) electrons. The Bertz CT molecular complexity index is 547. The number of rotatable bonds is 8.